The summed E-state index contributed by atoms with van der Waals surface area (Å²) in [6.45, 7) is 0. The Morgan fingerprint density at radius 1 is 1.00 bits per heavy atom. The summed E-state index contributed by atoms with van der Waals surface area (Å²) in [5, 5.41) is 22.6. The number of nitrogens with one attached hydrogen (secondary N) is 1. The third kappa shape index (κ3) is 3.40. The summed E-state index contributed by atoms with van der Waals surface area (Å²) >= 11 is 6.02. The fourth-order valence-corrected chi connectivity index (χ4v) is 2.87. The molecule has 1 N–H and O–H groups in total. The van der Waals surface area contributed by atoms with Gasteiger partial charge in [0.25, 0.3) is 11.6 Å². The normalized spacial score (nSPS) is 10.8. The molecule has 0 aliphatic rings. The molecule has 9 heteroatoms. The lowest BCUT2D eigenvalue weighted by Crippen LogP contribution is -2.12. The third-order valence-corrected chi connectivity index (χ3v) is 4.36. The number of hydrogen-bond donors (Lipinski definition) is 1. The topological polar surface area (TPSA) is 103 Å². The molecule has 0 aliphatic carbocycles. The molecule has 1 aromatic heterocycles. The number of amides is 1. The second-order valence-electron chi connectivity index (χ2n) is 5.90. The largest absolute Gasteiger partial charge is 0.322 e. The van der Waals surface area contributed by atoms with Crippen LogP contribution in [-0.4, -0.2) is 25.8 Å². The van der Waals surface area contributed by atoms with Gasteiger partial charge in [-0.05, 0) is 36.4 Å². The summed E-state index contributed by atoms with van der Waals surface area (Å²) in [5.41, 5.74) is 2.34. The van der Waals surface area contributed by atoms with Crippen molar-refractivity contribution in [1.82, 2.24) is 15.0 Å². The van der Waals surface area contributed by atoms with E-state index in [9.17, 15) is 14.9 Å². The van der Waals surface area contributed by atoms with Gasteiger partial charge in [0.2, 0.25) is 0 Å². The summed E-state index contributed by atoms with van der Waals surface area (Å²) in [6.07, 6.45) is 0. The zero-order valence-corrected chi connectivity index (χ0v) is 15.0. The van der Waals surface area contributed by atoms with E-state index < -0.39 is 10.8 Å². The second-order valence-corrected chi connectivity index (χ2v) is 6.31. The molecule has 0 radical (unpaired) electrons. The molecule has 0 fully saturated rings. The minimum absolute atomic E-state index is 0.0175. The zero-order valence-electron chi connectivity index (χ0n) is 14.2. The highest BCUT2D eigenvalue weighted by Gasteiger charge is 2.16. The Kier molecular flexibility index (Phi) is 4.46. The molecule has 0 saturated heterocycles. The van der Waals surface area contributed by atoms with Gasteiger partial charge in [0, 0.05) is 17.8 Å². The van der Waals surface area contributed by atoms with Gasteiger partial charge >= 0.3 is 0 Å². The number of hydrogen-bond acceptors (Lipinski definition) is 5. The first-order chi connectivity index (χ1) is 13.5. The minimum atomic E-state index is -0.582. The molecule has 28 heavy (non-hydrogen) atoms. The molecule has 0 unspecified atom stereocenters. The van der Waals surface area contributed by atoms with E-state index in [4.69, 9.17) is 11.6 Å². The van der Waals surface area contributed by atoms with E-state index in [1.807, 2.05) is 30.3 Å². The van der Waals surface area contributed by atoms with Crippen LogP contribution in [0.4, 0.5) is 11.4 Å². The Bertz CT molecular complexity index is 1210. The summed E-state index contributed by atoms with van der Waals surface area (Å²) in [4.78, 5) is 24.4. The Hall–Kier alpha value is -3.78. The van der Waals surface area contributed by atoms with Crippen LogP contribution in [0.25, 0.3) is 16.7 Å². The molecular weight excluding hydrogens is 382 g/mol. The lowest BCUT2D eigenvalue weighted by Gasteiger charge is -2.06. The average Bonchev–Trinajstić information content (AvgIpc) is 3.12. The number of halogens is 1. The molecule has 0 aliphatic heterocycles. The number of nitro groups is 1. The van der Waals surface area contributed by atoms with Gasteiger partial charge in [-0.3, -0.25) is 14.9 Å². The molecule has 3 aromatic carbocycles. The summed E-state index contributed by atoms with van der Waals surface area (Å²) in [6, 6.07) is 18.2. The van der Waals surface area contributed by atoms with Crippen LogP contribution >= 0.6 is 11.6 Å². The summed E-state index contributed by atoms with van der Waals surface area (Å²) in [5.74, 6) is -0.552. The maximum atomic E-state index is 12.5. The van der Waals surface area contributed by atoms with Gasteiger partial charge in [-0.1, -0.05) is 29.8 Å². The van der Waals surface area contributed by atoms with E-state index in [1.54, 1.807) is 18.2 Å². The molecule has 8 nitrogen and oxygen atoms in total. The first kappa shape index (κ1) is 17.6. The molecule has 1 amide bonds. The second kappa shape index (κ2) is 7.09. The van der Waals surface area contributed by atoms with E-state index in [0.29, 0.717) is 16.7 Å². The lowest BCUT2D eigenvalue weighted by molar-refractivity contribution is -0.384. The van der Waals surface area contributed by atoms with Crippen molar-refractivity contribution in [3.8, 4) is 5.69 Å². The number of fused-ring (bicyclic) bond motifs is 1. The molecule has 0 atom stereocenters. The van der Waals surface area contributed by atoms with Crippen molar-refractivity contribution in [1.29, 1.82) is 0 Å². The Morgan fingerprint density at radius 2 is 1.75 bits per heavy atom. The van der Waals surface area contributed by atoms with Gasteiger partial charge in [0.1, 0.15) is 11.0 Å². The van der Waals surface area contributed by atoms with Crippen LogP contribution in [0.3, 0.4) is 0 Å². The van der Waals surface area contributed by atoms with Crippen LogP contribution < -0.4 is 5.32 Å². The molecule has 4 rings (SSSR count). The summed E-state index contributed by atoms with van der Waals surface area (Å²) < 4.78 is 0. The van der Waals surface area contributed by atoms with Crippen molar-refractivity contribution in [2.45, 2.75) is 0 Å². The van der Waals surface area contributed by atoms with E-state index in [0.717, 1.165) is 11.8 Å². The quantitative estimate of drug-likeness (QED) is 0.412. The predicted octanol–water partition coefficient (Wildman–Crippen LogP) is 4.23. The Balaban J connectivity index is 1.62. The molecule has 0 spiro atoms. The van der Waals surface area contributed by atoms with E-state index in [-0.39, 0.29) is 16.3 Å². The fraction of sp³-hybridized carbons (Fsp3) is 0. The van der Waals surface area contributed by atoms with Crippen molar-refractivity contribution in [3.05, 3.63) is 87.4 Å². The average molecular weight is 394 g/mol. The van der Waals surface area contributed by atoms with Gasteiger partial charge in [0.05, 0.1) is 21.2 Å². The first-order valence-electron chi connectivity index (χ1n) is 8.19. The molecule has 0 saturated carbocycles. The van der Waals surface area contributed by atoms with Gasteiger partial charge < -0.3 is 5.32 Å². The van der Waals surface area contributed by atoms with Crippen LogP contribution in [0, 0.1) is 10.1 Å². The SMILES string of the molecule is O=C(Nc1ccc2nn(-c3ccccc3)nc2c1)c1cc([N+](=O)[O-])ccc1Cl. The smallest absolute Gasteiger partial charge is 0.270 e. The van der Waals surface area contributed by atoms with Crippen molar-refractivity contribution in [3.63, 3.8) is 0 Å². The number of nitrogens with zero attached hydrogens (tertiary/aromatic N) is 4. The maximum Gasteiger partial charge on any atom is 0.270 e. The number of benzene rings is 3. The molecule has 1 heterocycles. The molecular formula is C19H12ClN5O3. The van der Waals surface area contributed by atoms with Gasteiger partial charge in [-0.15, -0.1) is 10.2 Å². The van der Waals surface area contributed by atoms with Crippen molar-refractivity contribution in [2.75, 3.05) is 5.32 Å². The van der Waals surface area contributed by atoms with E-state index >= 15 is 0 Å². The molecule has 4 aromatic rings. The van der Waals surface area contributed by atoms with Crippen LogP contribution in [-0.2, 0) is 0 Å². The highest BCUT2D eigenvalue weighted by atomic mass is 35.5. The van der Waals surface area contributed by atoms with Crippen LogP contribution in [0.15, 0.2) is 66.7 Å². The molecule has 0 bridgehead atoms. The highest BCUT2D eigenvalue weighted by molar-refractivity contribution is 6.34. The first-order valence-corrected chi connectivity index (χ1v) is 8.57. The number of carbonyl (C=O) groups is 1. The summed E-state index contributed by atoms with van der Waals surface area (Å²) in [7, 11) is 0. The van der Waals surface area contributed by atoms with Crippen molar-refractivity contribution in [2.24, 2.45) is 0 Å². The van der Waals surface area contributed by atoms with Gasteiger partial charge in [0.15, 0.2) is 0 Å². The standard InChI is InChI=1S/C19H12ClN5O3/c20-16-8-7-14(25(27)28)11-15(16)19(26)21-12-6-9-17-18(10-12)23-24(22-17)13-4-2-1-3-5-13/h1-11H,(H,21,26). The number of para-hydroxylation sites is 1. The molecule has 138 valence electrons. The minimum Gasteiger partial charge on any atom is -0.322 e. The van der Waals surface area contributed by atoms with Crippen LogP contribution in [0.2, 0.25) is 5.02 Å². The number of anilines is 1. The number of nitro benzene ring substituents is 1. The van der Waals surface area contributed by atoms with Crippen molar-refractivity contribution >= 4 is 39.9 Å². The van der Waals surface area contributed by atoms with Gasteiger partial charge in [-0.25, -0.2) is 0 Å². The zero-order chi connectivity index (χ0) is 19.7. The van der Waals surface area contributed by atoms with Crippen LogP contribution in [0.5, 0.6) is 0 Å². The van der Waals surface area contributed by atoms with E-state index in [2.05, 4.69) is 15.5 Å². The number of aromatic nitrogens is 3. The van der Waals surface area contributed by atoms with E-state index in [1.165, 1.54) is 16.9 Å². The number of carbonyl (C=O) groups excluding carboxylic acids is 1. The Labute approximate surface area is 163 Å². The third-order valence-electron chi connectivity index (χ3n) is 4.03. The maximum absolute atomic E-state index is 12.5. The van der Waals surface area contributed by atoms with Crippen molar-refractivity contribution < 1.29 is 9.72 Å². The Morgan fingerprint density at radius 3 is 2.50 bits per heavy atom. The van der Waals surface area contributed by atoms with Crippen LogP contribution in [0.1, 0.15) is 10.4 Å². The number of non-ortho nitro benzene ring substituents is 1. The highest BCUT2D eigenvalue weighted by Crippen LogP contribution is 2.24. The van der Waals surface area contributed by atoms with Gasteiger partial charge in [-0.2, -0.15) is 4.80 Å². The lowest BCUT2D eigenvalue weighted by atomic mass is 10.1. The predicted molar refractivity (Wildman–Crippen MR) is 105 cm³/mol. The monoisotopic (exact) mass is 393 g/mol. The fourth-order valence-electron chi connectivity index (χ4n) is 2.67. The number of rotatable bonds is 4.